The van der Waals surface area contributed by atoms with Gasteiger partial charge in [0.1, 0.15) is 5.82 Å². The van der Waals surface area contributed by atoms with E-state index in [0.29, 0.717) is 12.1 Å². The third kappa shape index (κ3) is 5.45. The van der Waals surface area contributed by atoms with E-state index in [1.54, 1.807) is 0 Å². The number of halogens is 5. The summed E-state index contributed by atoms with van der Waals surface area (Å²) in [5.74, 6) is -1.35. The zero-order chi connectivity index (χ0) is 15.7. The molecular weight excluding hydrogens is 310 g/mol. The third-order valence-electron chi connectivity index (χ3n) is 3.27. The topological polar surface area (TPSA) is 46.2 Å². The van der Waals surface area contributed by atoms with Crippen LogP contribution in [0.25, 0.3) is 0 Å². The van der Waals surface area contributed by atoms with Crippen LogP contribution in [0, 0.1) is 11.2 Å². The van der Waals surface area contributed by atoms with E-state index in [0.717, 1.165) is 6.07 Å². The summed E-state index contributed by atoms with van der Waals surface area (Å²) in [5.41, 5.74) is 4.24. The molecule has 7 heteroatoms. The molecule has 0 saturated heterocycles. The number of hydrogen-bond donors (Lipinski definition) is 2. The molecule has 0 heterocycles. The maximum atomic E-state index is 13.2. The van der Waals surface area contributed by atoms with E-state index < -0.39 is 29.7 Å². The highest BCUT2D eigenvalue weighted by Gasteiger charge is 2.35. The molecule has 2 atom stereocenters. The maximum absolute atomic E-state index is 13.2. The lowest BCUT2D eigenvalue weighted by molar-refractivity contribution is -0.140. The minimum absolute atomic E-state index is 0. The van der Waals surface area contributed by atoms with E-state index in [4.69, 9.17) is 5.73 Å². The number of aliphatic hydroxyl groups is 1. The fourth-order valence-electron chi connectivity index (χ4n) is 1.70. The first kappa shape index (κ1) is 20.1. The number of nitrogens with two attached hydrogens (primary N) is 1. The van der Waals surface area contributed by atoms with Crippen molar-refractivity contribution in [3.8, 4) is 0 Å². The van der Waals surface area contributed by atoms with Crippen LogP contribution in [0.4, 0.5) is 17.6 Å². The van der Waals surface area contributed by atoms with Gasteiger partial charge in [-0.3, -0.25) is 0 Å². The van der Waals surface area contributed by atoms with Crippen molar-refractivity contribution in [2.45, 2.75) is 45.5 Å². The molecule has 0 aliphatic heterocycles. The van der Waals surface area contributed by atoms with Gasteiger partial charge in [0.2, 0.25) is 0 Å². The van der Waals surface area contributed by atoms with Gasteiger partial charge in [-0.1, -0.05) is 26.8 Å². The standard InChI is InChI=1S/C14H19F4NO.ClH/c1-13(2,3)12(19)7-11(20)8-4-5-10(15)9(6-8)14(16,17)18;/h4-6,11-12,20H,7,19H2,1-3H3;1H/t11-,12+;/m0./s1. The average molecular weight is 330 g/mol. The Hall–Kier alpha value is -0.850. The van der Waals surface area contributed by atoms with Crippen LogP contribution in [-0.4, -0.2) is 11.1 Å². The Bertz CT molecular complexity index is 471. The van der Waals surface area contributed by atoms with Crippen LogP contribution in [0.2, 0.25) is 0 Å². The fourth-order valence-corrected chi connectivity index (χ4v) is 1.70. The lowest BCUT2D eigenvalue weighted by atomic mass is 9.83. The molecule has 0 fully saturated rings. The number of alkyl halides is 3. The molecule has 0 spiro atoms. The summed E-state index contributed by atoms with van der Waals surface area (Å²) < 4.78 is 50.9. The van der Waals surface area contributed by atoms with Gasteiger partial charge in [0, 0.05) is 6.04 Å². The second-order valence-corrected chi connectivity index (χ2v) is 5.96. The van der Waals surface area contributed by atoms with Crippen molar-refractivity contribution < 1.29 is 22.7 Å². The van der Waals surface area contributed by atoms with Crippen molar-refractivity contribution in [1.82, 2.24) is 0 Å². The van der Waals surface area contributed by atoms with Crippen molar-refractivity contribution in [2.24, 2.45) is 11.1 Å². The molecule has 0 saturated carbocycles. The van der Waals surface area contributed by atoms with Crippen LogP contribution in [0.15, 0.2) is 18.2 Å². The van der Waals surface area contributed by atoms with Gasteiger partial charge in [0.25, 0.3) is 0 Å². The van der Waals surface area contributed by atoms with E-state index in [9.17, 15) is 22.7 Å². The number of rotatable bonds is 3. The van der Waals surface area contributed by atoms with Gasteiger partial charge in [0.05, 0.1) is 11.7 Å². The molecule has 0 bridgehead atoms. The predicted octanol–water partition coefficient (Wildman–Crippen LogP) is 4.06. The highest BCUT2D eigenvalue weighted by atomic mass is 35.5. The molecule has 0 unspecified atom stereocenters. The minimum atomic E-state index is -4.79. The van der Waals surface area contributed by atoms with Crippen LogP contribution in [0.1, 0.15) is 44.4 Å². The predicted molar refractivity (Wildman–Crippen MR) is 75.7 cm³/mol. The number of aliphatic hydroxyl groups excluding tert-OH is 1. The van der Waals surface area contributed by atoms with Crippen molar-refractivity contribution in [1.29, 1.82) is 0 Å². The summed E-state index contributed by atoms with van der Waals surface area (Å²) >= 11 is 0. The Morgan fingerprint density at radius 3 is 2.14 bits per heavy atom. The maximum Gasteiger partial charge on any atom is 0.419 e. The second-order valence-electron chi connectivity index (χ2n) is 5.96. The molecule has 0 aliphatic rings. The quantitative estimate of drug-likeness (QED) is 0.821. The molecule has 0 radical (unpaired) electrons. The van der Waals surface area contributed by atoms with Crippen LogP contribution in [0.3, 0.4) is 0 Å². The summed E-state index contributed by atoms with van der Waals surface area (Å²) in [7, 11) is 0. The van der Waals surface area contributed by atoms with Crippen LogP contribution in [0.5, 0.6) is 0 Å². The fraction of sp³-hybridized carbons (Fsp3) is 0.571. The first-order valence-electron chi connectivity index (χ1n) is 6.23. The summed E-state index contributed by atoms with van der Waals surface area (Å²) in [6.45, 7) is 5.61. The molecule has 21 heavy (non-hydrogen) atoms. The summed E-state index contributed by atoms with van der Waals surface area (Å²) in [4.78, 5) is 0. The molecule has 1 aromatic rings. The SMILES string of the molecule is CC(C)(C)[C@H](N)C[C@H](O)c1ccc(F)c(C(F)(F)F)c1.Cl. The minimum Gasteiger partial charge on any atom is -0.388 e. The zero-order valence-electron chi connectivity index (χ0n) is 12.0. The summed E-state index contributed by atoms with van der Waals surface area (Å²) in [5, 5.41) is 9.97. The third-order valence-corrected chi connectivity index (χ3v) is 3.27. The first-order chi connectivity index (χ1) is 8.93. The Labute approximate surface area is 127 Å². The van der Waals surface area contributed by atoms with Crippen molar-refractivity contribution in [2.75, 3.05) is 0 Å². The largest absolute Gasteiger partial charge is 0.419 e. The second kappa shape index (κ2) is 6.94. The van der Waals surface area contributed by atoms with Gasteiger partial charge < -0.3 is 10.8 Å². The summed E-state index contributed by atoms with van der Waals surface area (Å²) in [6.07, 6.45) is -5.84. The van der Waals surface area contributed by atoms with Gasteiger partial charge in [-0.15, -0.1) is 12.4 Å². The highest BCUT2D eigenvalue weighted by Crippen LogP contribution is 2.34. The van der Waals surface area contributed by atoms with Gasteiger partial charge in [-0.05, 0) is 29.5 Å². The van der Waals surface area contributed by atoms with E-state index in [1.165, 1.54) is 0 Å². The average Bonchev–Trinajstić information content (AvgIpc) is 2.26. The molecule has 122 valence electrons. The van der Waals surface area contributed by atoms with Crippen LogP contribution in [-0.2, 0) is 6.18 Å². The van der Waals surface area contributed by atoms with Gasteiger partial charge >= 0.3 is 6.18 Å². The molecule has 1 aromatic carbocycles. The zero-order valence-corrected chi connectivity index (χ0v) is 12.9. The lowest BCUT2D eigenvalue weighted by Crippen LogP contribution is -2.36. The summed E-state index contributed by atoms with van der Waals surface area (Å²) in [6, 6.07) is 2.10. The van der Waals surface area contributed by atoms with Crippen molar-refractivity contribution >= 4 is 12.4 Å². The molecule has 0 amide bonds. The van der Waals surface area contributed by atoms with E-state index >= 15 is 0 Å². The smallest absolute Gasteiger partial charge is 0.388 e. The molecule has 0 aliphatic carbocycles. The normalized spacial score (nSPS) is 15.3. The van der Waals surface area contributed by atoms with Gasteiger partial charge in [-0.2, -0.15) is 13.2 Å². The van der Waals surface area contributed by atoms with E-state index in [-0.39, 0.29) is 29.8 Å². The van der Waals surface area contributed by atoms with Crippen LogP contribution < -0.4 is 5.73 Å². The lowest BCUT2D eigenvalue weighted by Gasteiger charge is -2.29. The van der Waals surface area contributed by atoms with Gasteiger partial charge in [-0.25, -0.2) is 4.39 Å². The van der Waals surface area contributed by atoms with Crippen LogP contribution >= 0.6 is 12.4 Å². The number of benzene rings is 1. The van der Waals surface area contributed by atoms with Crippen molar-refractivity contribution in [3.63, 3.8) is 0 Å². The molecule has 1 rings (SSSR count). The first-order valence-corrected chi connectivity index (χ1v) is 6.23. The Kier molecular flexibility index (Phi) is 6.66. The molecule has 3 N–H and O–H groups in total. The van der Waals surface area contributed by atoms with Gasteiger partial charge in [0.15, 0.2) is 0 Å². The number of hydrogen-bond acceptors (Lipinski definition) is 2. The Morgan fingerprint density at radius 2 is 1.71 bits per heavy atom. The molecular formula is C14H20ClF4NO. The van der Waals surface area contributed by atoms with E-state index in [1.807, 2.05) is 20.8 Å². The molecule has 2 nitrogen and oxygen atoms in total. The van der Waals surface area contributed by atoms with Crippen molar-refractivity contribution in [3.05, 3.63) is 35.1 Å². The monoisotopic (exact) mass is 329 g/mol. The highest BCUT2D eigenvalue weighted by molar-refractivity contribution is 5.85. The Morgan fingerprint density at radius 1 is 1.19 bits per heavy atom. The Balaban J connectivity index is 0.00000400. The van der Waals surface area contributed by atoms with E-state index in [2.05, 4.69) is 0 Å². The molecule has 0 aromatic heterocycles.